The second kappa shape index (κ2) is 4.61. The standard InChI is InChI=1S/C11H14O5/c1-7(12)11(15,16)9(10(13)14)8-5-3-2-4-6-8/h2-7,9,12,15-16H,1H3,(H,13,14). The summed E-state index contributed by atoms with van der Waals surface area (Å²) in [6, 6.07) is 7.78. The molecule has 0 spiro atoms. The molecule has 1 rings (SSSR count). The lowest BCUT2D eigenvalue weighted by molar-refractivity contribution is -0.236. The van der Waals surface area contributed by atoms with Crippen molar-refractivity contribution in [2.45, 2.75) is 24.7 Å². The zero-order valence-corrected chi connectivity index (χ0v) is 8.74. The van der Waals surface area contributed by atoms with Crippen LogP contribution in [0, 0.1) is 0 Å². The minimum atomic E-state index is -2.70. The molecule has 0 aromatic heterocycles. The van der Waals surface area contributed by atoms with Gasteiger partial charge in [0.2, 0.25) is 5.79 Å². The van der Waals surface area contributed by atoms with E-state index < -0.39 is 23.8 Å². The van der Waals surface area contributed by atoms with Crippen LogP contribution in [0.4, 0.5) is 0 Å². The molecule has 88 valence electrons. The Morgan fingerprint density at radius 1 is 1.25 bits per heavy atom. The molecule has 0 fully saturated rings. The van der Waals surface area contributed by atoms with Gasteiger partial charge in [-0.2, -0.15) is 0 Å². The van der Waals surface area contributed by atoms with Gasteiger partial charge >= 0.3 is 5.97 Å². The third kappa shape index (κ3) is 2.38. The molecule has 4 N–H and O–H groups in total. The van der Waals surface area contributed by atoms with Crippen molar-refractivity contribution in [3.8, 4) is 0 Å². The van der Waals surface area contributed by atoms with Gasteiger partial charge < -0.3 is 20.4 Å². The van der Waals surface area contributed by atoms with E-state index in [0.717, 1.165) is 6.92 Å². The molecule has 0 heterocycles. The molecule has 0 saturated heterocycles. The topological polar surface area (TPSA) is 98.0 Å². The van der Waals surface area contributed by atoms with Gasteiger partial charge in [0.05, 0.1) is 0 Å². The van der Waals surface area contributed by atoms with Gasteiger partial charge in [-0.25, -0.2) is 0 Å². The predicted octanol–water partition coefficient (Wildman–Crippen LogP) is -0.0835. The molecule has 16 heavy (non-hydrogen) atoms. The Morgan fingerprint density at radius 2 is 1.75 bits per heavy atom. The van der Waals surface area contributed by atoms with E-state index in [2.05, 4.69) is 0 Å². The smallest absolute Gasteiger partial charge is 0.316 e. The Kier molecular flexibility index (Phi) is 3.64. The average Bonchev–Trinajstić information content (AvgIpc) is 2.18. The Morgan fingerprint density at radius 3 is 2.12 bits per heavy atom. The number of aliphatic hydroxyl groups is 3. The summed E-state index contributed by atoms with van der Waals surface area (Å²) in [4.78, 5) is 11.0. The predicted molar refractivity (Wildman–Crippen MR) is 55.7 cm³/mol. The first-order chi connectivity index (χ1) is 7.37. The summed E-state index contributed by atoms with van der Waals surface area (Å²) in [5.41, 5.74) is 0.223. The van der Waals surface area contributed by atoms with Crippen LogP contribution in [0.25, 0.3) is 0 Å². The van der Waals surface area contributed by atoms with Crippen molar-refractivity contribution in [1.82, 2.24) is 0 Å². The Hall–Kier alpha value is -1.43. The van der Waals surface area contributed by atoms with Gasteiger partial charge in [0.25, 0.3) is 0 Å². The fourth-order valence-electron chi connectivity index (χ4n) is 1.46. The molecule has 5 nitrogen and oxygen atoms in total. The van der Waals surface area contributed by atoms with Crippen LogP contribution in [0.3, 0.4) is 0 Å². The zero-order valence-electron chi connectivity index (χ0n) is 8.74. The van der Waals surface area contributed by atoms with E-state index in [0.29, 0.717) is 0 Å². The second-order valence-corrected chi connectivity index (χ2v) is 3.64. The molecule has 2 atom stereocenters. The van der Waals surface area contributed by atoms with E-state index in [1.54, 1.807) is 18.2 Å². The minimum absolute atomic E-state index is 0.223. The third-order valence-electron chi connectivity index (χ3n) is 2.42. The number of aliphatic hydroxyl groups excluding tert-OH is 1. The fraction of sp³-hybridized carbons (Fsp3) is 0.364. The first kappa shape index (κ1) is 12.6. The number of aliphatic carboxylic acids is 1. The SMILES string of the molecule is CC(O)C(O)(O)C(C(=O)O)c1ccccc1. The number of carboxylic acid groups (broad SMARTS) is 1. The molecule has 5 heteroatoms. The lowest BCUT2D eigenvalue weighted by atomic mass is 9.87. The summed E-state index contributed by atoms with van der Waals surface area (Å²) >= 11 is 0. The number of carbonyl (C=O) groups is 1. The molecule has 0 amide bonds. The zero-order chi connectivity index (χ0) is 12.3. The van der Waals surface area contributed by atoms with Crippen LogP contribution in [-0.4, -0.2) is 38.3 Å². The molecule has 1 aromatic rings. The highest BCUT2D eigenvalue weighted by molar-refractivity contribution is 5.77. The Labute approximate surface area is 92.6 Å². The first-order valence-corrected chi connectivity index (χ1v) is 4.78. The molecule has 0 saturated carbocycles. The molecule has 0 aliphatic heterocycles. The van der Waals surface area contributed by atoms with Crippen molar-refractivity contribution in [2.75, 3.05) is 0 Å². The summed E-state index contributed by atoms with van der Waals surface area (Å²) in [5.74, 6) is -5.70. The van der Waals surface area contributed by atoms with E-state index in [1.807, 2.05) is 0 Å². The van der Waals surface area contributed by atoms with Crippen molar-refractivity contribution in [2.24, 2.45) is 0 Å². The first-order valence-electron chi connectivity index (χ1n) is 4.78. The van der Waals surface area contributed by atoms with Crippen molar-refractivity contribution in [3.05, 3.63) is 35.9 Å². The molecular formula is C11H14O5. The lowest BCUT2D eigenvalue weighted by Gasteiger charge is -2.31. The molecular weight excluding hydrogens is 212 g/mol. The minimum Gasteiger partial charge on any atom is -0.481 e. The maximum atomic E-state index is 11.0. The highest BCUT2D eigenvalue weighted by Crippen LogP contribution is 2.29. The van der Waals surface area contributed by atoms with Crippen molar-refractivity contribution < 1.29 is 25.2 Å². The van der Waals surface area contributed by atoms with Gasteiger partial charge in [-0.1, -0.05) is 30.3 Å². The van der Waals surface area contributed by atoms with Crippen molar-refractivity contribution in [3.63, 3.8) is 0 Å². The summed E-state index contributed by atoms with van der Waals surface area (Å²) in [6.07, 6.45) is -1.58. The molecule has 0 aliphatic rings. The summed E-state index contributed by atoms with van der Waals surface area (Å²) in [6.45, 7) is 1.12. The van der Waals surface area contributed by atoms with Gasteiger partial charge in [0.15, 0.2) is 0 Å². The van der Waals surface area contributed by atoms with Crippen LogP contribution in [0.15, 0.2) is 30.3 Å². The molecule has 0 radical (unpaired) electrons. The monoisotopic (exact) mass is 226 g/mol. The lowest BCUT2D eigenvalue weighted by Crippen LogP contribution is -2.49. The molecule has 0 aliphatic carbocycles. The highest BCUT2D eigenvalue weighted by atomic mass is 16.5. The van der Waals surface area contributed by atoms with E-state index >= 15 is 0 Å². The van der Waals surface area contributed by atoms with Crippen LogP contribution in [0.1, 0.15) is 18.4 Å². The van der Waals surface area contributed by atoms with Gasteiger partial charge in [0, 0.05) is 0 Å². The van der Waals surface area contributed by atoms with Crippen LogP contribution in [0.5, 0.6) is 0 Å². The van der Waals surface area contributed by atoms with E-state index in [1.165, 1.54) is 12.1 Å². The van der Waals surface area contributed by atoms with E-state index in [4.69, 9.17) is 5.11 Å². The van der Waals surface area contributed by atoms with E-state index in [9.17, 15) is 20.1 Å². The second-order valence-electron chi connectivity index (χ2n) is 3.64. The maximum Gasteiger partial charge on any atom is 0.316 e. The number of carboxylic acids is 1. The Bertz CT molecular complexity index is 358. The average molecular weight is 226 g/mol. The van der Waals surface area contributed by atoms with Crippen LogP contribution < -0.4 is 0 Å². The van der Waals surface area contributed by atoms with Gasteiger partial charge in [0.1, 0.15) is 12.0 Å². The molecule has 0 bridgehead atoms. The maximum absolute atomic E-state index is 11.0. The normalized spacial score (nSPS) is 15.5. The largest absolute Gasteiger partial charge is 0.481 e. The summed E-state index contributed by atoms with van der Waals surface area (Å²) in [5, 5.41) is 37.4. The van der Waals surface area contributed by atoms with Crippen LogP contribution in [-0.2, 0) is 4.79 Å². The quantitative estimate of drug-likeness (QED) is 0.538. The van der Waals surface area contributed by atoms with Gasteiger partial charge in [-0.15, -0.1) is 0 Å². The number of hydrogen-bond donors (Lipinski definition) is 4. The van der Waals surface area contributed by atoms with E-state index in [-0.39, 0.29) is 5.56 Å². The van der Waals surface area contributed by atoms with Crippen LogP contribution in [0.2, 0.25) is 0 Å². The highest BCUT2D eigenvalue weighted by Gasteiger charge is 2.45. The van der Waals surface area contributed by atoms with Gasteiger partial charge in [-0.3, -0.25) is 4.79 Å². The third-order valence-corrected chi connectivity index (χ3v) is 2.42. The number of rotatable bonds is 4. The Balaban J connectivity index is 3.16. The van der Waals surface area contributed by atoms with Crippen LogP contribution >= 0.6 is 0 Å². The number of hydrogen-bond acceptors (Lipinski definition) is 4. The summed E-state index contributed by atoms with van der Waals surface area (Å²) in [7, 11) is 0. The fourth-order valence-corrected chi connectivity index (χ4v) is 1.46. The van der Waals surface area contributed by atoms with Crippen molar-refractivity contribution >= 4 is 5.97 Å². The number of benzene rings is 1. The molecule has 2 unspecified atom stereocenters. The van der Waals surface area contributed by atoms with Crippen molar-refractivity contribution in [1.29, 1.82) is 0 Å². The molecule has 1 aromatic carbocycles. The van der Waals surface area contributed by atoms with Gasteiger partial charge in [-0.05, 0) is 12.5 Å². The summed E-state index contributed by atoms with van der Waals surface area (Å²) < 4.78 is 0.